The molecule has 158 valence electrons. The van der Waals surface area contributed by atoms with Gasteiger partial charge < -0.3 is 14.6 Å². The van der Waals surface area contributed by atoms with Crippen LogP contribution in [-0.2, 0) is 21.4 Å². The van der Waals surface area contributed by atoms with Gasteiger partial charge in [0.1, 0.15) is 18.1 Å². The predicted octanol–water partition coefficient (Wildman–Crippen LogP) is 2.27. The Balaban J connectivity index is 1.63. The van der Waals surface area contributed by atoms with Crippen LogP contribution in [0.2, 0.25) is 0 Å². The van der Waals surface area contributed by atoms with Gasteiger partial charge in [-0.2, -0.15) is 0 Å². The van der Waals surface area contributed by atoms with Crippen molar-refractivity contribution < 1.29 is 17.9 Å². The van der Waals surface area contributed by atoms with E-state index in [1.807, 2.05) is 42.0 Å². The van der Waals surface area contributed by atoms with Crippen LogP contribution in [0, 0.1) is 6.92 Å². The first-order valence-electron chi connectivity index (χ1n) is 9.25. The second-order valence-electron chi connectivity index (χ2n) is 6.76. The fraction of sp³-hybridized carbons (Fsp3) is 0.238. The molecule has 0 bridgehead atoms. The van der Waals surface area contributed by atoms with Crippen LogP contribution < -0.4 is 14.4 Å². The Morgan fingerprint density at radius 2 is 1.80 bits per heavy atom. The van der Waals surface area contributed by atoms with Gasteiger partial charge >= 0.3 is 0 Å². The molecule has 1 amide bonds. The molecule has 1 heterocycles. The number of nitrogens with one attached hydrogen (secondary N) is 1. The molecule has 0 aliphatic carbocycles. The molecule has 0 radical (unpaired) electrons. The molecule has 0 unspecified atom stereocenters. The van der Waals surface area contributed by atoms with Gasteiger partial charge in [0.15, 0.2) is 0 Å². The predicted molar refractivity (Wildman–Crippen MR) is 115 cm³/mol. The molecule has 3 aromatic rings. The number of anilines is 1. The van der Waals surface area contributed by atoms with Gasteiger partial charge in [0.2, 0.25) is 15.9 Å². The Kier molecular flexibility index (Phi) is 6.41. The Morgan fingerprint density at radius 1 is 1.13 bits per heavy atom. The summed E-state index contributed by atoms with van der Waals surface area (Å²) in [6.07, 6.45) is 4.69. The van der Waals surface area contributed by atoms with Crippen molar-refractivity contribution in [2.24, 2.45) is 0 Å². The summed E-state index contributed by atoms with van der Waals surface area (Å²) in [7, 11) is -2.10. The summed E-state index contributed by atoms with van der Waals surface area (Å²) in [4.78, 5) is 16.6. The van der Waals surface area contributed by atoms with Crippen molar-refractivity contribution >= 4 is 21.6 Å². The van der Waals surface area contributed by atoms with E-state index in [-0.39, 0.29) is 6.54 Å². The van der Waals surface area contributed by atoms with Crippen LogP contribution in [0.3, 0.4) is 0 Å². The average molecular weight is 429 g/mol. The van der Waals surface area contributed by atoms with Crippen LogP contribution in [0.4, 0.5) is 5.69 Å². The molecule has 1 N–H and O–H groups in total. The number of amides is 1. The first kappa shape index (κ1) is 21.4. The molecule has 2 aromatic carbocycles. The number of sulfonamides is 1. The molecule has 1 aromatic heterocycles. The third kappa shape index (κ3) is 5.18. The molecular weight excluding hydrogens is 404 g/mol. The topological polar surface area (TPSA) is 93.5 Å². The standard InChI is InChI=1S/C21H24N4O4S/c1-16-22-12-13-24(16)18-6-4-17(5-7-18)14-23-21(26)15-25(30(3,27)28)19-8-10-20(29-2)11-9-19/h4-13H,14-15H2,1-3H3,(H,23,26). The number of nitrogens with zero attached hydrogens (tertiary/aromatic N) is 3. The molecule has 0 aliphatic heterocycles. The van der Waals surface area contributed by atoms with E-state index in [1.165, 1.54) is 7.11 Å². The summed E-state index contributed by atoms with van der Waals surface area (Å²) in [5.41, 5.74) is 2.27. The van der Waals surface area contributed by atoms with Gasteiger partial charge in [-0.05, 0) is 48.9 Å². The van der Waals surface area contributed by atoms with E-state index in [0.717, 1.165) is 27.6 Å². The smallest absolute Gasteiger partial charge is 0.241 e. The van der Waals surface area contributed by atoms with Crippen LogP contribution in [0.5, 0.6) is 5.75 Å². The molecule has 0 saturated heterocycles. The number of hydrogen-bond acceptors (Lipinski definition) is 5. The maximum atomic E-state index is 12.4. The minimum atomic E-state index is -3.63. The number of aromatic nitrogens is 2. The highest BCUT2D eigenvalue weighted by atomic mass is 32.2. The van der Waals surface area contributed by atoms with Gasteiger partial charge in [-0.25, -0.2) is 13.4 Å². The summed E-state index contributed by atoms with van der Waals surface area (Å²) in [5.74, 6) is 1.09. The molecule has 30 heavy (non-hydrogen) atoms. The van der Waals surface area contributed by atoms with Gasteiger partial charge in [-0.3, -0.25) is 9.10 Å². The van der Waals surface area contributed by atoms with E-state index in [2.05, 4.69) is 10.3 Å². The zero-order valence-electron chi connectivity index (χ0n) is 17.1. The van der Waals surface area contributed by atoms with Crippen molar-refractivity contribution in [2.75, 3.05) is 24.2 Å². The third-order valence-electron chi connectivity index (χ3n) is 4.58. The molecule has 0 spiro atoms. The minimum Gasteiger partial charge on any atom is -0.497 e. The van der Waals surface area contributed by atoms with E-state index in [0.29, 0.717) is 18.0 Å². The number of carbonyl (C=O) groups excluding carboxylic acids is 1. The highest BCUT2D eigenvalue weighted by molar-refractivity contribution is 7.92. The van der Waals surface area contributed by atoms with Crippen molar-refractivity contribution in [2.45, 2.75) is 13.5 Å². The first-order chi connectivity index (χ1) is 14.3. The molecule has 0 saturated carbocycles. The SMILES string of the molecule is COc1ccc(N(CC(=O)NCc2ccc(-n3ccnc3C)cc2)S(C)(=O)=O)cc1. The highest BCUT2D eigenvalue weighted by Crippen LogP contribution is 2.21. The molecule has 9 heteroatoms. The number of carbonyl (C=O) groups is 1. The van der Waals surface area contributed by atoms with Crippen LogP contribution in [0.1, 0.15) is 11.4 Å². The maximum absolute atomic E-state index is 12.4. The molecule has 3 rings (SSSR count). The number of aryl methyl sites for hydroxylation is 1. The van der Waals surface area contributed by atoms with E-state index in [9.17, 15) is 13.2 Å². The number of benzene rings is 2. The van der Waals surface area contributed by atoms with E-state index >= 15 is 0 Å². The molecule has 8 nitrogen and oxygen atoms in total. The van der Waals surface area contributed by atoms with Gasteiger partial charge in [0, 0.05) is 24.6 Å². The summed E-state index contributed by atoms with van der Waals surface area (Å²) in [5, 5.41) is 2.77. The second-order valence-corrected chi connectivity index (χ2v) is 8.66. The van der Waals surface area contributed by atoms with E-state index in [4.69, 9.17) is 4.74 Å². The van der Waals surface area contributed by atoms with Crippen molar-refractivity contribution in [3.8, 4) is 11.4 Å². The Labute approximate surface area is 176 Å². The van der Waals surface area contributed by atoms with Gasteiger partial charge in [-0.1, -0.05) is 12.1 Å². The Morgan fingerprint density at radius 3 is 2.33 bits per heavy atom. The van der Waals surface area contributed by atoms with E-state index in [1.54, 1.807) is 30.5 Å². The largest absolute Gasteiger partial charge is 0.497 e. The monoisotopic (exact) mass is 428 g/mol. The van der Waals surface area contributed by atoms with Crippen LogP contribution in [0.15, 0.2) is 60.9 Å². The fourth-order valence-electron chi connectivity index (χ4n) is 2.96. The lowest BCUT2D eigenvalue weighted by Gasteiger charge is -2.22. The lowest BCUT2D eigenvalue weighted by Crippen LogP contribution is -2.40. The maximum Gasteiger partial charge on any atom is 0.241 e. The summed E-state index contributed by atoms with van der Waals surface area (Å²) in [6.45, 7) is 1.91. The second kappa shape index (κ2) is 9.00. The zero-order chi connectivity index (χ0) is 21.7. The molecule has 0 atom stereocenters. The normalized spacial score (nSPS) is 11.2. The average Bonchev–Trinajstić information content (AvgIpc) is 3.16. The molecular formula is C21H24N4O4S. The highest BCUT2D eigenvalue weighted by Gasteiger charge is 2.20. The zero-order valence-corrected chi connectivity index (χ0v) is 17.9. The number of ether oxygens (including phenoxy) is 1. The van der Waals surface area contributed by atoms with Gasteiger partial charge in [-0.15, -0.1) is 0 Å². The summed E-state index contributed by atoms with van der Waals surface area (Å²) < 4.78 is 32.5. The number of imidazole rings is 1. The van der Waals surface area contributed by atoms with Crippen LogP contribution >= 0.6 is 0 Å². The fourth-order valence-corrected chi connectivity index (χ4v) is 3.82. The first-order valence-corrected chi connectivity index (χ1v) is 11.1. The molecule has 0 fully saturated rings. The van der Waals surface area contributed by atoms with E-state index < -0.39 is 15.9 Å². The van der Waals surface area contributed by atoms with Gasteiger partial charge in [0.05, 0.1) is 19.1 Å². The number of rotatable bonds is 8. The third-order valence-corrected chi connectivity index (χ3v) is 5.72. The number of methoxy groups -OCH3 is 1. The Hall–Kier alpha value is -3.33. The lowest BCUT2D eigenvalue weighted by molar-refractivity contribution is -0.119. The quantitative estimate of drug-likeness (QED) is 0.594. The van der Waals surface area contributed by atoms with Crippen molar-refractivity contribution in [1.29, 1.82) is 0 Å². The van der Waals surface area contributed by atoms with Crippen LogP contribution in [0.25, 0.3) is 5.69 Å². The van der Waals surface area contributed by atoms with Crippen molar-refractivity contribution in [3.05, 3.63) is 72.3 Å². The minimum absolute atomic E-state index is 0.294. The van der Waals surface area contributed by atoms with Gasteiger partial charge in [0.25, 0.3) is 0 Å². The summed E-state index contributed by atoms with van der Waals surface area (Å²) in [6, 6.07) is 14.2. The Bertz CT molecular complexity index is 1110. The van der Waals surface area contributed by atoms with Crippen LogP contribution in [-0.4, -0.2) is 43.8 Å². The van der Waals surface area contributed by atoms with Crippen molar-refractivity contribution in [3.63, 3.8) is 0 Å². The van der Waals surface area contributed by atoms with Crippen molar-refractivity contribution in [1.82, 2.24) is 14.9 Å². The summed E-state index contributed by atoms with van der Waals surface area (Å²) >= 11 is 0. The molecule has 0 aliphatic rings. The number of hydrogen-bond donors (Lipinski definition) is 1. The lowest BCUT2D eigenvalue weighted by atomic mass is 10.2.